The molecule has 0 aromatic carbocycles. The third-order valence-electron chi connectivity index (χ3n) is 3.72. The van der Waals surface area contributed by atoms with Gasteiger partial charge in [0.1, 0.15) is 0 Å². The highest BCUT2D eigenvalue weighted by Gasteiger charge is 2.43. The van der Waals surface area contributed by atoms with Crippen LogP contribution in [0.15, 0.2) is 0 Å². The van der Waals surface area contributed by atoms with Gasteiger partial charge in [0.05, 0.1) is 5.60 Å². The molecule has 0 saturated heterocycles. The van der Waals surface area contributed by atoms with Crippen LogP contribution in [0.2, 0.25) is 0 Å². The molecule has 4 heteroatoms. The van der Waals surface area contributed by atoms with Crippen LogP contribution in [-0.2, 0) is 0 Å². The molecule has 1 atom stereocenters. The van der Waals surface area contributed by atoms with Crippen LogP contribution < -0.4 is 5.73 Å². The highest BCUT2D eigenvalue weighted by atomic mass is 16.3. The van der Waals surface area contributed by atoms with Crippen molar-refractivity contribution >= 4 is 0 Å². The van der Waals surface area contributed by atoms with Crippen molar-refractivity contribution in [3.05, 3.63) is 0 Å². The molecule has 0 heterocycles. The average molecular weight is 243 g/mol. The highest BCUT2D eigenvalue weighted by Crippen LogP contribution is 2.39. The van der Waals surface area contributed by atoms with Gasteiger partial charge < -0.3 is 20.6 Å². The Morgan fingerprint density at radius 2 is 1.94 bits per heavy atom. The molecule has 0 spiro atoms. The molecule has 0 amide bonds. The third-order valence-corrected chi connectivity index (χ3v) is 3.72. The summed E-state index contributed by atoms with van der Waals surface area (Å²) in [6.45, 7) is 6.41. The van der Waals surface area contributed by atoms with Crippen molar-refractivity contribution in [1.29, 1.82) is 0 Å². The summed E-state index contributed by atoms with van der Waals surface area (Å²) in [4.78, 5) is 4.53. The highest BCUT2D eigenvalue weighted by molar-refractivity contribution is 4.97. The van der Waals surface area contributed by atoms with E-state index in [9.17, 15) is 5.11 Å². The van der Waals surface area contributed by atoms with E-state index >= 15 is 0 Å². The fraction of sp³-hybridized carbons (Fsp3) is 1.00. The van der Waals surface area contributed by atoms with Gasteiger partial charge in [-0.2, -0.15) is 0 Å². The predicted octanol–water partition coefficient (Wildman–Crippen LogP) is 0.360. The van der Waals surface area contributed by atoms with Crippen LogP contribution in [0.3, 0.4) is 0 Å². The number of aliphatic hydroxyl groups is 1. The van der Waals surface area contributed by atoms with Gasteiger partial charge in [-0.3, -0.25) is 0 Å². The summed E-state index contributed by atoms with van der Waals surface area (Å²) in [6, 6.07) is 0. The molecule has 0 aromatic rings. The minimum Gasteiger partial charge on any atom is -0.387 e. The molecule has 0 aromatic heterocycles. The molecule has 1 rings (SSSR count). The van der Waals surface area contributed by atoms with Gasteiger partial charge in [-0.1, -0.05) is 6.92 Å². The maximum Gasteiger partial charge on any atom is 0.0923 e. The summed E-state index contributed by atoms with van der Waals surface area (Å²) < 4.78 is 0. The molecule has 102 valence electrons. The Balaban J connectivity index is 2.34. The van der Waals surface area contributed by atoms with E-state index in [-0.39, 0.29) is 0 Å². The first-order valence-electron chi connectivity index (χ1n) is 6.81. The van der Waals surface area contributed by atoms with E-state index in [0.717, 1.165) is 45.4 Å². The molecule has 1 saturated carbocycles. The van der Waals surface area contributed by atoms with Crippen molar-refractivity contribution in [2.45, 2.75) is 31.8 Å². The van der Waals surface area contributed by atoms with Gasteiger partial charge in [0.25, 0.3) is 0 Å². The molecular weight excluding hydrogens is 214 g/mol. The second kappa shape index (κ2) is 6.69. The van der Waals surface area contributed by atoms with Crippen LogP contribution in [-0.4, -0.2) is 67.3 Å². The predicted molar refractivity (Wildman–Crippen MR) is 72.0 cm³/mol. The lowest BCUT2D eigenvalue weighted by molar-refractivity contribution is -0.00760. The van der Waals surface area contributed by atoms with E-state index in [1.165, 1.54) is 0 Å². The number of rotatable bonds is 9. The van der Waals surface area contributed by atoms with Gasteiger partial charge >= 0.3 is 0 Å². The van der Waals surface area contributed by atoms with Gasteiger partial charge in [0.15, 0.2) is 0 Å². The van der Waals surface area contributed by atoms with Crippen LogP contribution in [0.1, 0.15) is 26.2 Å². The lowest BCUT2D eigenvalue weighted by atomic mass is 9.97. The topological polar surface area (TPSA) is 52.7 Å². The number of hydrogen-bond donors (Lipinski definition) is 2. The second-order valence-electron chi connectivity index (χ2n) is 5.61. The zero-order valence-electron chi connectivity index (χ0n) is 11.7. The molecule has 3 N–H and O–H groups in total. The largest absolute Gasteiger partial charge is 0.387 e. The average Bonchev–Trinajstić information content (AvgIpc) is 3.11. The van der Waals surface area contributed by atoms with E-state index in [1.54, 1.807) is 0 Å². The first-order valence-corrected chi connectivity index (χ1v) is 6.81. The van der Waals surface area contributed by atoms with Gasteiger partial charge in [-0.15, -0.1) is 0 Å². The van der Waals surface area contributed by atoms with Gasteiger partial charge in [-0.25, -0.2) is 0 Å². The number of nitrogens with zero attached hydrogens (tertiary/aromatic N) is 2. The Hall–Kier alpha value is -0.160. The molecule has 0 radical (unpaired) electrons. The summed E-state index contributed by atoms with van der Waals surface area (Å²) >= 11 is 0. The summed E-state index contributed by atoms with van der Waals surface area (Å²) in [5.41, 5.74) is 5.10. The zero-order valence-corrected chi connectivity index (χ0v) is 11.7. The van der Waals surface area contributed by atoms with Crippen LogP contribution >= 0.6 is 0 Å². The minimum atomic E-state index is -0.645. The Labute approximate surface area is 106 Å². The molecule has 4 nitrogen and oxygen atoms in total. The maximum atomic E-state index is 10.5. The second-order valence-corrected chi connectivity index (χ2v) is 5.61. The van der Waals surface area contributed by atoms with Crippen LogP contribution in [0, 0.1) is 5.92 Å². The normalized spacial score (nSPS) is 19.9. The monoisotopic (exact) mass is 243 g/mol. The SMILES string of the molecule is CCN(CCCN(C)C)CC(O)(CN)C1CC1. The fourth-order valence-electron chi connectivity index (χ4n) is 2.33. The lowest BCUT2D eigenvalue weighted by Crippen LogP contribution is -2.50. The summed E-state index contributed by atoms with van der Waals surface area (Å²) in [5.74, 6) is 0.440. The van der Waals surface area contributed by atoms with E-state index in [4.69, 9.17) is 5.73 Å². The van der Waals surface area contributed by atoms with E-state index in [0.29, 0.717) is 12.5 Å². The van der Waals surface area contributed by atoms with Crippen molar-refractivity contribution in [2.24, 2.45) is 11.7 Å². The minimum absolute atomic E-state index is 0.391. The number of hydrogen-bond acceptors (Lipinski definition) is 4. The lowest BCUT2D eigenvalue weighted by Gasteiger charge is -2.33. The Kier molecular flexibility index (Phi) is 5.86. The quantitative estimate of drug-likeness (QED) is 0.614. The number of nitrogens with two attached hydrogens (primary N) is 1. The Morgan fingerprint density at radius 1 is 1.29 bits per heavy atom. The van der Waals surface area contributed by atoms with E-state index in [2.05, 4.69) is 30.8 Å². The van der Waals surface area contributed by atoms with Crippen molar-refractivity contribution in [1.82, 2.24) is 9.80 Å². The first-order chi connectivity index (χ1) is 8.01. The van der Waals surface area contributed by atoms with Crippen molar-refractivity contribution in [3.8, 4) is 0 Å². The molecular formula is C13H29N3O. The first kappa shape index (κ1) is 14.9. The smallest absolute Gasteiger partial charge is 0.0923 e. The Bertz CT molecular complexity index is 219. The maximum absolute atomic E-state index is 10.5. The van der Waals surface area contributed by atoms with Crippen molar-refractivity contribution in [2.75, 3.05) is 46.8 Å². The van der Waals surface area contributed by atoms with Crippen LogP contribution in [0.5, 0.6) is 0 Å². The van der Waals surface area contributed by atoms with Crippen molar-refractivity contribution < 1.29 is 5.11 Å². The molecule has 1 aliphatic rings. The van der Waals surface area contributed by atoms with Crippen LogP contribution in [0.25, 0.3) is 0 Å². The van der Waals surface area contributed by atoms with Crippen LogP contribution in [0.4, 0.5) is 0 Å². The zero-order chi connectivity index (χ0) is 12.9. The molecule has 0 bridgehead atoms. The van der Waals surface area contributed by atoms with E-state index < -0.39 is 5.60 Å². The standard InChI is InChI=1S/C13H29N3O/c1-4-16(9-5-8-15(2)3)11-13(17,10-14)12-6-7-12/h12,17H,4-11,14H2,1-3H3. The number of likely N-dealkylation sites (N-methyl/N-ethyl adjacent to an activating group) is 1. The molecule has 1 fully saturated rings. The fourth-order valence-corrected chi connectivity index (χ4v) is 2.33. The van der Waals surface area contributed by atoms with E-state index in [1.807, 2.05) is 0 Å². The van der Waals surface area contributed by atoms with Gasteiger partial charge in [0.2, 0.25) is 0 Å². The third kappa shape index (κ3) is 4.92. The van der Waals surface area contributed by atoms with Gasteiger partial charge in [0, 0.05) is 13.1 Å². The summed E-state index contributed by atoms with van der Waals surface area (Å²) in [7, 11) is 4.19. The summed E-state index contributed by atoms with van der Waals surface area (Å²) in [5, 5.41) is 10.5. The summed E-state index contributed by atoms with van der Waals surface area (Å²) in [6.07, 6.45) is 3.43. The molecule has 1 unspecified atom stereocenters. The van der Waals surface area contributed by atoms with Crippen molar-refractivity contribution in [3.63, 3.8) is 0 Å². The molecule has 1 aliphatic carbocycles. The molecule has 0 aliphatic heterocycles. The Morgan fingerprint density at radius 3 is 2.35 bits per heavy atom. The molecule has 17 heavy (non-hydrogen) atoms. The van der Waals surface area contributed by atoms with Gasteiger partial charge in [-0.05, 0) is 58.9 Å².